The van der Waals surface area contributed by atoms with Gasteiger partial charge in [-0.05, 0) is 34.2 Å². The van der Waals surface area contributed by atoms with Crippen molar-refractivity contribution in [3.05, 3.63) is 85.0 Å². The van der Waals surface area contributed by atoms with E-state index < -0.39 is 20.0 Å². The summed E-state index contributed by atoms with van der Waals surface area (Å²) >= 11 is 0. The van der Waals surface area contributed by atoms with Crippen LogP contribution in [0.3, 0.4) is 0 Å². The maximum Gasteiger partial charge on any atom is 0.304 e. The predicted molar refractivity (Wildman–Crippen MR) is 163 cm³/mol. The number of esters is 2. The summed E-state index contributed by atoms with van der Waals surface area (Å²) in [5.41, 5.74) is -0.915. The number of fused-ring (bicyclic) bond motifs is 1. The zero-order valence-electron chi connectivity index (χ0n) is 25.4. The van der Waals surface area contributed by atoms with Crippen LogP contribution in [0.25, 0.3) is 0 Å². The molecule has 5 atom stereocenters. The average Bonchev–Trinajstić information content (AvgIpc) is 3.19. The van der Waals surface area contributed by atoms with E-state index in [4.69, 9.17) is 18.6 Å². The van der Waals surface area contributed by atoms with Gasteiger partial charge in [0, 0.05) is 19.8 Å². The zero-order valence-corrected chi connectivity index (χ0v) is 26.4. The Morgan fingerprint density at radius 2 is 1.56 bits per heavy atom. The van der Waals surface area contributed by atoms with E-state index in [1.807, 2.05) is 18.2 Å². The Hall–Kier alpha value is -3.00. The standard InChI is InChI=1S/C34H44O6Si/c1-25(35)37-23-15-21-33(6)20-14-22-34(7)30(33)29(40-31(34)39-26(2)36)24-38-41(32(3,4)5,27-16-10-8-11-17-27)28-18-12-9-13-19-28/h8-19,21-22,29-31H,20,23-24H2,1-7H3/b21-15-/t29-,30+,31?,33+,34-/m0/s1. The largest absolute Gasteiger partial charge is 0.462 e. The van der Waals surface area contributed by atoms with Crippen LogP contribution in [0, 0.1) is 16.7 Å². The fourth-order valence-corrected chi connectivity index (χ4v) is 11.6. The SMILES string of the molecule is CC(=O)OC/C=C\[C@@]1(C)CC=C[C@]2(C)C(OC(C)=O)O[C@@H](CO[Si](c3ccccc3)(c3ccccc3)C(C)(C)C)[C@H]12. The third-order valence-corrected chi connectivity index (χ3v) is 13.6. The number of hydrogen-bond donors (Lipinski definition) is 0. The van der Waals surface area contributed by atoms with Gasteiger partial charge in [-0.2, -0.15) is 0 Å². The minimum Gasteiger partial charge on any atom is -0.462 e. The number of carbonyl (C=O) groups excluding carboxylic acids is 2. The minimum atomic E-state index is -2.82. The number of allylic oxidation sites excluding steroid dienone is 2. The maximum atomic E-state index is 12.2. The van der Waals surface area contributed by atoms with Crippen LogP contribution < -0.4 is 10.4 Å². The molecule has 1 saturated heterocycles. The van der Waals surface area contributed by atoms with E-state index in [1.165, 1.54) is 24.2 Å². The van der Waals surface area contributed by atoms with Gasteiger partial charge in [0.05, 0.1) is 18.1 Å². The molecule has 1 fully saturated rings. The molecule has 0 amide bonds. The molecule has 7 heteroatoms. The molecule has 4 rings (SSSR count). The molecule has 1 unspecified atom stereocenters. The molecule has 0 radical (unpaired) electrons. The summed E-state index contributed by atoms with van der Waals surface area (Å²) in [6, 6.07) is 21.1. The van der Waals surface area contributed by atoms with Gasteiger partial charge in [-0.25, -0.2) is 0 Å². The minimum absolute atomic E-state index is 0.0591. The van der Waals surface area contributed by atoms with E-state index >= 15 is 0 Å². The number of hydrogen-bond acceptors (Lipinski definition) is 6. The third kappa shape index (κ3) is 6.13. The molecule has 0 aromatic heterocycles. The Bertz CT molecular complexity index is 1230. The molecule has 1 aliphatic heterocycles. The highest BCUT2D eigenvalue weighted by molar-refractivity contribution is 6.99. The van der Waals surface area contributed by atoms with Gasteiger partial charge in [0.15, 0.2) is 0 Å². The molecule has 0 spiro atoms. The Morgan fingerprint density at radius 1 is 0.976 bits per heavy atom. The maximum absolute atomic E-state index is 12.2. The van der Waals surface area contributed by atoms with E-state index in [0.29, 0.717) is 6.61 Å². The van der Waals surface area contributed by atoms with Crippen LogP contribution in [0.5, 0.6) is 0 Å². The quantitative estimate of drug-likeness (QED) is 0.221. The molecule has 0 bridgehead atoms. The van der Waals surface area contributed by atoms with Crippen LogP contribution in [0.15, 0.2) is 85.0 Å². The van der Waals surface area contributed by atoms with Gasteiger partial charge in [-0.1, -0.05) is 113 Å². The Balaban J connectivity index is 1.76. The molecule has 0 saturated carbocycles. The number of ether oxygens (including phenoxy) is 3. The van der Waals surface area contributed by atoms with Crippen molar-refractivity contribution in [3.8, 4) is 0 Å². The van der Waals surface area contributed by atoms with Gasteiger partial charge in [-0.15, -0.1) is 0 Å². The van der Waals surface area contributed by atoms with Gasteiger partial charge in [0.25, 0.3) is 8.32 Å². The monoisotopic (exact) mass is 576 g/mol. The highest BCUT2D eigenvalue weighted by Gasteiger charge is 2.61. The van der Waals surface area contributed by atoms with Crippen molar-refractivity contribution in [2.24, 2.45) is 16.7 Å². The molecule has 41 heavy (non-hydrogen) atoms. The van der Waals surface area contributed by atoms with Crippen molar-refractivity contribution < 1.29 is 28.2 Å². The Kier molecular flexibility index (Phi) is 9.12. The summed E-state index contributed by atoms with van der Waals surface area (Å²) in [6.45, 7) is 14.4. The number of benzene rings is 2. The van der Waals surface area contributed by atoms with Gasteiger partial charge < -0.3 is 18.6 Å². The second-order valence-electron chi connectivity index (χ2n) is 12.8. The molecule has 2 aliphatic rings. The highest BCUT2D eigenvalue weighted by atomic mass is 28.4. The van der Waals surface area contributed by atoms with E-state index in [2.05, 4.69) is 101 Å². The third-order valence-electron chi connectivity index (χ3n) is 8.63. The summed E-state index contributed by atoms with van der Waals surface area (Å²) in [5, 5.41) is 2.21. The molecule has 2 aromatic rings. The van der Waals surface area contributed by atoms with E-state index in [-0.39, 0.29) is 41.0 Å². The Labute approximate surface area is 245 Å². The van der Waals surface area contributed by atoms with Crippen LogP contribution in [-0.2, 0) is 28.2 Å². The number of carbonyl (C=O) groups is 2. The molecule has 220 valence electrons. The average molecular weight is 577 g/mol. The van der Waals surface area contributed by atoms with Crippen LogP contribution >= 0.6 is 0 Å². The lowest BCUT2D eigenvalue weighted by molar-refractivity contribution is -0.186. The molecule has 6 nitrogen and oxygen atoms in total. The summed E-state index contributed by atoms with van der Waals surface area (Å²) in [5.74, 6) is -0.755. The lowest BCUT2D eigenvalue weighted by Crippen LogP contribution is -2.67. The molecule has 0 N–H and O–H groups in total. The van der Waals surface area contributed by atoms with E-state index in [1.54, 1.807) is 0 Å². The van der Waals surface area contributed by atoms with Crippen LogP contribution in [0.1, 0.15) is 54.9 Å². The van der Waals surface area contributed by atoms with Crippen molar-refractivity contribution in [1.29, 1.82) is 0 Å². The van der Waals surface area contributed by atoms with Gasteiger partial charge in [0.1, 0.15) is 6.61 Å². The molecule has 2 aromatic carbocycles. The smallest absolute Gasteiger partial charge is 0.304 e. The first-order chi connectivity index (χ1) is 19.3. The topological polar surface area (TPSA) is 71.1 Å². The molecule has 1 aliphatic carbocycles. The fraction of sp³-hybridized carbons (Fsp3) is 0.471. The normalized spacial score (nSPS) is 27.9. The second-order valence-corrected chi connectivity index (χ2v) is 17.1. The van der Waals surface area contributed by atoms with Crippen molar-refractivity contribution in [1.82, 2.24) is 0 Å². The first kappa shape index (κ1) is 30.9. The first-order valence-electron chi connectivity index (χ1n) is 14.4. The van der Waals surface area contributed by atoms with Gasteiger partial charge >= 0.3 is 11.9 Å². The lowest BCUT2D eigenvalue weighted by atomic mass is 9.57. The van der Waals surface area contributed by atoms with Crippen molar-refractivity contribution >= 4 is 30.6 Å². The van der Waals surface area contributed by atoms with Crippen LogP contribution in [0.2, 0.25) is 5.04 Å². The highest BCUT2D eigenvalue weighted by Crippen LogP contribution is 2.58. The second kappa shape index (κ2) is 12.1. The van der Waals surface area contributed by atoms with Crippen molar-refractivity contribution in [2.45, 2.75) is 72.3 Å². The summed E-state index contributed by atoms with van der Waals surface area (Å²) < 4.78 is 24.9. The fourth-order valence-electron chi connectivity index (χ4n) is 7.01. The molecular weight excluding hydrogens is 532 g/mol. The first-order valence-corrected chi connectivity index (χ1v) is 16.3. The van der Waals surface area contributed by atoms with Crippen LogP contribution in [-0.4, -0.2) is 45.9 Å². The van der Waals surface area contributed by atoms with Crippen molar-refractivity contribution in [3.63, 3.8) is 0 Å². The molecular formula is C34H44O6Si. The van der Waals surface area contributed by atoms with E-state index in [0.717, 1.165) is 6.42 Å². The van der Waals surface area contributed by atoms with Crippen LogP contribution in [0.4, 0.5) is 0 Å². The van der Waals surface area contributed by atoms with E-state index in [9.17, 15) is 9.59 Å². The summed E-state index contributed by atoms with van der Waals surface area (Å²) in [4.78, 5) is 23.5. The summed E-state index contributed by atoms with van der Waals surface area (Å²) in [7, 11) is -2.82. The number of rotatable bonds is 9. The van der Waals surface area contributed by atoms with Gasteiger partial charge in [-0.3, -0.25) is 9.59 Å². The van der Waals surface area contributed by atoms with Crippen molar-refractivity contribution in [2.75, 3.05) is 13.2 Å². The lowest BCUT2D eigenvalue weighted by Gasteiger charge is -2.47. The molecule has 1 heterocycles. The zero-order chi connectivity index (χ0) is 29.9. The summed E-state index contributed by atoms with van der Waals surface area (Å²) in [6.07, 6.45) is 7.98. The predicted octanol–water partition coefficient (Wildman–Crippen LogP) is 5.56. The Morgan fingerprint density at radius 3 is 2.07 bits per heavy atom. The van der Waals surface area contributed by atoms with Gasteiger partial charge in [0.2, 0.25) is 6.29 Å².